The number of para-hydroxylation sites is 1. The molecule has 29 heavy (non-hydrogen) atoms. The molecule has 6 heteroatoms. The average molecular weight is 388 g/mol. The molecule has 0 atom stereocenters. The van der Waals surface area contributed by atoms with Gasteiger partial charge in [-0.25, -0.2) is 14.4 Å². The Morgan fingerprint density at radius 1 is 1.03 bits per heavy atom. The molecular weight excluding hydrogens is 367 g/mol. The maximum absolute atomic E-state index is 13.2. The van der Waals surface area contributed by atoms with Gasteiger partial charge in [-0.2, -0.15) is 0 Å². The predicted octanol–water partition coefficient (Wildman–Crippen LogP) is 5.14. The number of rotatable bonds is 5. The molecule has 0 spiro atoms. The van der Waals surface area contributed by atoms with E-state index >= 15 is 0 Å². The van der Waals surface area contributed by atoms with E-state index in [1.54, 1.807) is 24.4 Å². The van der Waals surface area contributed by atoms with Gasteiger partial charge in [0.05, 0.1) is 5.56 Å². The van der Waals surface area contributed by atoms with Crippen molar-refractivity contribution in [3.05, 3.63) is 77.2 Å². The molecule has 2 aromatic carbocycles. The van der Waals surface area contributed by atoms with E-state index in [0.29, 0.717) is 22.6 Å². The Labute approximate surface area is 168 Å². The van der Waals surface area contributed by atoms with Gasteiger partial charge in [0.2, 0.25) is 0 Å². The van der Waals surface area contributed by atoms with E-state index in [0.717, 1.165) is 35.2 Å². The topological polar surface area (TPSA) is 70.7 Å². The van der Waals surface area contributed by atoms with Crippen LogP contribution in [0.15, 0.2) is 54.7 Å². The summed E-state index contributed by atoms with van der Waals surface area (Å²) in [5, 5.41) is 3.08. The van der Waals surface area contributed by atoms with Crippen molar-refractivity contribution in [2.45, 2.75) is 26.7 Å². The van der Waals surface area contributed by atoms with Crippen molar-refractivity contribution in [3.63, 3.8) is 0 Å². The Bertz CT molecular complexity index is 1160. The Morgan fingerprint density at radius 3 is 2.38 bits per heavy atom. The second-order valence-electron chi connectivity index (χ2n) is 6.76. The van der Waals surface area contributed by atoms with Crippen molar-refractivity contribution in [2.24, 2.45) is 0 Å². The highest BCUT2D eigenvalue weighted by molar-refractivity contribution is 6.11. The first-order valence-corrected chi connectivity index (χ1v) is 9.63. The molecule has 2 N–H and O–H groups in total. The van der Waals surface area contributed by atoms with Crippen LogP contribution >= 0.6 is 0 Å². The van der Waals surface area contributed by atoms with Crippen molar-refractivity contribution in [2.75, 3.05) is 5.32 Å². The van der Waals surface area contributed by atoms with Crippen LogP contribution in [0.1, 0.15) is 35.3 Å². The largest absolute Gasteiger partial charge is 0.323 e. The van der Waals surface area contributed by atoms with E-state index in [1.807, 2.05) is 18.2 Å². The third-order valence-corrected chi connectivity index (χ3v) is 4.98. The summed E-state index contributed by atoms with van der Waals surface area (Å²) in [6, 6.07) is 13.7. The molecule has 0 fully saturated rings. The SMILES string of the molecule is CCc1cccc(CC)c1NC(=O)c1ccnc2[nH]c(-c3ccc(F)cc3)nc12. The standard InChI is InChI=1S/C23H21FN4O/c1-3-14-6-5-7-15(4-2)19(14)27-23(29)18-12-13-25-22-20(18)26-21(28-22)16-8-10-17(24)11-9-16/h5-13H,3-4H2,1-2H3,(H,27,29)(H,25,26,28). The summed E-state index contributed by atoms with van der Waals surface area (Å²) in [5.74, 6) is -0.00881. The fourth-order valence-electron chi connectivity index (χ4n) is 3.42. The van der Waals surface area contributed by atoms with Crippen LogP contribution in [0.25, 0.3) is 22.6 Å². The van der Waals surface area contributed by atoms with E-state index in [2.05, 4.69) is 34.1 Å². The summed E-state index contributed by atoms with van der Waals surface area (Å²) in [6.45, 7) is 4.13. The predicted molar refractivity (Wildman–Crippen MR) is 112 cm³/mol. The summed E-state index contributed by atoms with van der Waals surface area (Å²) in [7, 11) is 0. The number of carbonyl (C=O) groups excluding carboxylic acids is 1. The number of carbonyl (C=O) groups is 1. The first-order valence-electron chi connectivity index (χ1n) is 9.63. The number of hydrogen-bond donors (Lipinski definition) is 2. The number of nitrogens with one attached hydrogen (secondary N) is 2. The zero-order valence-electron chi connectivity index (χ0n) is 16.3. The normalized spacial score (nSPS) is 11.0. The Morgan fingerprint density at radius 2 is 1.72 bits per heavy atom. The molecule has 146 valence electrons. The fraction of sp³-hybridized carbons (Fsp3) is 0.174. The Kier molecular flexibility index (Phi) is 5.08. The number of imidazole rings is 1. The summed E-state index contributed by atoms with van der Waals surface area (Å²) < 4.78 is 13.2. The van der Waals surface area contributed by atoms with Crippen LogP contribution in [-0.2, 0) is 12.8 Å². The van der Waals surface area contributed by atoms with Crippen LogP contribution < -0.4 is 5.32 Å². The van der Waals surface area contributed by atoms with Crippen LogP contribution in [0.5, 0.6) is 0 Å². The number of H-pyrrole nitrogens is 1. The maximum Gasteiger partial charge on any atom is 0.258 e. The summed E-state index contributed by atoms with van der Waals surface area (Å²) in [4.78, 5) is 25.1. The second kappa shape index (κ2) is 7.83. The number of benzene rings is 2. The summed E-state index contributed by atoms with van der Waals surface area (Å²) in [6.07, 6.45) is 3.23. The van der Waals surface area contributed by atoms with Crippen molar-refractivity contribution in [1.29, 1.82) is 0 Å². The summed E-state index contributed by atoms with van der Waals surface area (Å²) >= 11 is 0. The molecule has 0 aliphatic carbocycles. The molecule has 0 saturated carbocycles. The summed E-state index contributed by atoms with van der Waals surface area (Å²) in [5.41, 5.74) is 5.21. The van der Waals surface area contributed by atoms with Crippen molar-refractivity contribution >= 4 is 22.8 Å². The average Bonchev–Trinajstić information content (AvgIpc) is 3.18. The number of halogens is 1. The number of anilines is 1. The van der Waals surface area contributed by atoms with Crippen molar-refractivity contribution < 1.29 is 9.18 Å². The first-order chi connectivity index (χ1) is 14.1. The molecule has 0 aliphatic rings. The second-order valence-corrected chi connectivity index (χ2v) is 6.76. The monoisotopic (exact) mass is 388 g/mol. The third-order valence-electron chi connectivity index (χ3n) is 4.98. The molecule has 2 heterocycles. The number of amides is 1. The Balaban J connectivity index is 1.73. The van der Waals surface area contributed by atoms with Crippen LogP contribution in [0.2, 0.25) is 0 Å². The molecule has 0 saturated heterocycles. The molecule has 0 aliphatic heterocycles. The number of pyridine rings is 1. The lowest BCUT2D eigenvalue weighted by atomic mass is 10.0. The van der Waals surface area contributed by atoms with Gasteiger partial charge in [0.15, 0.2) is 5.65 Å². The van der Waals surface area contributed by atoms with E-state index in [4.69, 9.17) is 0 Å². The maximum atomic E-state index is 13.2. The lowest BCUT2D eigenvalue weighted by molar-refractivity contribution is 0.102. The first kappa shape index (κ1) is 18.8. The molecular formula is C23H21FN4O. The van der Waals surface area contributed by atoms with Gasteiger partial charge in [-0.15, -0.1) is 0 Å². The van der Waals surface area contributed by atoms with Crippen LogP contribution in [0, 0.1) is 5.82 Å². The van der Waals surface area contributed by atoms with Crippen molar-refractivity contribution in [3.8, 4) is 11.4 Å². The van der Waals surface area contributed by atoms with Gasteiger partial charge in [0.25, 0.3) is 5.91 Å². The lowest BCUT2D eigenvalue weighted by Gasteiger charge is -2.14. The molecule has 1 amide bonds. The zero-order valence-corrected chi connectivity index (χ0v) is 16.3. The highest BCUT2D eigenvalue weighted by atomic mass is 19.1. The third kappa shape index (κ3) is 3.61. The fourth-order valence-corrected chi connectivity index (χ4v) is 3.42. The van der Waals surface area contributed by atoms with Gasteiger partial charge in [-0.3, -0.25) is 4.79 Å². The van der Waals surface area contributed by atoms with Crippen LogP contribution in [-0.4, -0.2) is 20.9 Å². The lowest BCUT2D eigenvalue weighted by Crippen LogP contribution is -2.15. The molecule has 2 aromatic heterocycles. The van der Waals surface area contributed by atoms with Gasteiger partial charge < -0.3 is 10.3 Å². The number of nitrogens with zero attached hydrogens (tertiary/aromatic N) is 2. The smallest absolute Gasteiger partial charge is 0.258 e. The Hall–Kier alpha value is -3.54. The van der Waals surface area contributed by atoms with Crippen LogP contribution in [0.3, 0.4) is 0 Å². The molecule has 4 aromatic rings. The van der Waals surface area contributed by atoms with Crippen LogP contribution in [0.4, 0.5) is 10.1 Å². The molecule has 4 rings (SSSR count). The van der Waals surface area contributed by atoms with Gasteiger partial charge in [-0.1, -0.05) is 32.0 Å². The van der Waals surface area contributed by atoms with E-state index < -0.39 is 0 Å². The van der Waals surface area contributed by atoms with Gasteiger partial charge in [0, 0.05) is 17.4 Å². The number of fused-ring (bicyclic) bond motifs is 1. The minimum absolute atomic E-state index is 0.231. The van der Waals surface area contributed by atoms with Crippen molar-refractivity contribution in [1.82, 2.24) is 15.0 Å². The molecule has 0 unspecified atom stereocenters. The minimum atomic E-state index is -0.315. The zero-order chi connectivity index (χ0) is 20.4. The minimum Gasteiger partial charge on any atom is -0.323 e. The van der Waals surface area contributed by atoms with Gasteiger partial charge in [0.1, 0.15) is 17.2 Å². The van der Waals surface area contributed by atoms with E-state index in [1.165, 1.54) is 12.1 Å². The quantitative estimate of drug-likeness (QED) is 0.497. The number of aromatic amines is 1. The number of hydrogen-bond acceptors (Lipinski definition) is 3. The highest BCUT2D eigenvalue weighted by Crippen LogP contribution is 2.26. The molecule has 0 bridgehead atoms. The highest BCUT2D eigenvalue weighted by Gasteiger charge is 2.17. The van der Waals surface area contributed by atoms with Gasteiger partial charge >= 0.3 is 0 Å². The molecule has 0 radical (unpaired) electrons. The number of aromatic nitrogens is 3. The van der Waals surface area contributed by atoms with Gasteiger partial charge in [-0.05, 0) is 54.3 Å². The molecule has 5 nitrogen and oxygen atoms in total. The van der Waals surface area contributed by atoms with E-state index in [9.17, 15) is 9.18 Å². The van der Waals surface area contributed by atoms with E-state index in [-0.39, 0.29) is 11.7 Å². The number of aryl methyl sites for hydroxylation is 2.